The number of amides is 1. The fourth-order valence-corrected chi connectivity index (χ4v) is 2.45. The summed E-state index contributed by atoms with van der Waals surface area (Å²) in [5, 5.41) is 21.7. The number of hydrogen-bond donors (Lipinski definition) is 2. The van der Waals surface area contributed by atoms with Gasteiger partial charge in [0.25, 0.3) is 5.91 Å². The minimum absolute atomic E-state index is 0.0618. The molecule has 0 bridgehead atoms. The van der Waals surface area contributed by atoms with Crippen LogP contribution in [0.25, 0.3) is 6.08 Å². The van der Waals surface area contributed by atoms with Crippen molar-refractivity contribution < 1.29 is 19.0 Å². The SMILES string of the molecule is CCOc1cc(/C=C(/C#N)C(=O)Nc2ccc(F)cc2)cc(Br)c1O. The molecule has 0 aliphatic rings. The van der Waals surface area contributed by atoms with Gasteiger partial charge in [0.15, 0.2) is 11.5 Å². The maximum absolute atomic E-state index is 12.9. The van der Waals surface area contributed by atoms with Crippen molar-refractivity contribution in [3.8, 4) is 17.6 Å². The number of rotatable bonds is 5. The summed E-state index contributed by atoms with van der Waals surface area (Å²) in [5.74, 6) is -0.879. The van der Waals surface area contributed by atoms with Crippen molar-refractivity contribution in [3.63, 3.8) is 0 Å². The summed E-state index contributed by atoms with van der Waals surface area (Å²) in [5.41, 5.74) is 0.720. The molecule has 0 spiro atoms. The van der Waals surface area contributed by atoms with Gasteiger partial charge in [0.2, 0.25) is 0 Å². The number of nitrogens with zero attached hydrogens (tertiary/aromatic N) is 1. The van der Waals surface area contributed by atoms with Crippen molar-refractivity contribution in [1.29, 1.82) is 5.26 Å². The Morgan fingerprint density at radius 1 is 1.40 bits per heavy atom. The van der Waals surface area contributed by atoms with Gasteiger partial charge in [-0.15, -0.1) is 0 Å². The molecule has 0 aromatic heterocycles. The van der Waals surface area contributed by atoms with Gasteiger partial charge in [-0.3, -0.25) is 4.79 Å². The van der Waals surface area contributed by atoms with Gasteiger partial charge >= 0.3 is 0 Å². The van der Waals surface area contributed by atoms with E-state index in [0.29, 0.717) is 22.3 Å². The maximum Gasteiger partial charge on any atom is 0.266 e. The van der Waals surface area contributed by atoms with E-state index >= 15 is 0 Å². The summed E-state index contributed by atoms with van der Waals surface area (Å²) in [7, 11) is 0. The summed E-state index contributed by atoms with van der Waals surface area (Å²) in [6, 6.07) is 10.1. The Morgan fingerprint density at radius 2 is 2.08 bits per heavy atom. The summed E-state index contributed by atoms with van der Waals surface area (Å²) >= 11 is 3.20. The summed E-state index contributed by atoms with van der Waals surface area (Å²) in [4.78, 5) is 12.2. The lowest BCUT2D eigenvalue weighted by atomic mass is 10.1. The van der Waals surface area contributed by atoms with Crippen molar-refractivity contribution in [3.05, 3.63) is 57.8 Å². The highest BCUT2D eigenvalue weighted by Gasteiger charge is 2.13. The number of anilines is 1. The van der Waals surface area contributed by atoms with Crippen LogP contribution in [0, 0.1) is 17.1 Å². The molecule has 0 saturated carbocycles. The van der Waals surface area contributed by atoms with Gasteiger partial charge in [-0.25, -0.2) is 4.39 Å². The number of benzene rings is 2. The molecule has 1 amide bonds. The zero-order chi connectivity index (χ0) is 18.4. The minimum Gasteiger partial charge on any atom is -0.503 e. The number of ether oxygens (including phenoxy) is 1. The first-order chi connectivity index (χ1) is 11.9. The van der Waals surface area contributed by atoms with E-state index in [1.54, 1.807) is 13.0 Å². The molecule has 0 atom stereocenters. The first-order valence-electron chi connectivity index (χ1n) is 7.28. The van der Waals surface area contributed by atoms with E-state index in [-0.39, 0.29) is 17.1 Å². The van der Waals surface area contributed by atoms with Crippen LogP contribution in [0.4, 0.5) is 10.1 Å². The number of carbonyl (C=O) groups excluding carboxylic acids is 1. The lowest BCUT2D eigenvalue weighted by Crippen LogP contribution is -2.13. The van der Waals surface area contributed by atoms with Crippen molar-refractivity contribution in [2.75, 3.05) is 11.9 Å². The van der Waals surface area contributed by atoms with Gasteiger partial charge < -0.3 is 15.2 Å². The molecule has 0 aliphatic heterocycles. The second-order valence-electron chi connectivity index (χ2n) is 4.91. The average molecular weight is 405 g/mol. The van der Waals surface area contributed by atoms with Crippen LogP contribution < -0.4 is 10.1 Å². The van der Waals surface area contributed by atoms with E-state index in [4.69, 9.17) is 4.74 Å². The summed E-state index contributed by atoms with van der Waals surface area (Å²) in [6.07, 6.45) is 1.37. The average Bonchev–Trinajstić information content (AvgIpc) is 2.59. The van der Waals surface area contributed by atoms with Crippen molar-refractivity contribution in [2.24, 2.45) is 0 Å². The Bertz CT molecular complexity index is 858. The third kappa shape index (κ3) is 4.81. The zero-order valence-corrected chi connectivity index (χ0v) is 14.8. The molecule has 2 N–H and O–H groups in total. The number of carbonyl (C=O) groups is 1. The van der Waals surface area contributed by atoms with Crippen LogP contribution in [-0.2, 0) is 4.79 Å². The predicted octanol–water partition coefficient (Wildman–Crippen LogP) is 4.24. The van der Waals surface area contributed by atoms with Crippen molar-refractivity contribution in [2.45, 2.75) is 6.92 Å². The van der Waals surface area contributed by atoms with Gasteiger partial charge in [0.1, 0.15) is 17.5 Å². The highest BCUT2D eigenvalue weighted by Crippen LogP contribution is 2.36. The summed E-state index contributed by atoms with van der Waals surface area (Å²) in [6.45, 7) is 2.12. The number of aromatic hydroxyl groups is 1. The number of nitriles is 1. The second-order valence-corrected chi connectivity index (χ2v) is 5.77. The number of phenolic OH excluding ortho intramolecular Hbond substituents is 1. The van der Waals surface area contributed by atoms with Crippen molar-refractivity contribution in [1.82, 2.24) is 0 Å². The summed E-state index contributed by atoms with van der Waals surface area (Å²) < 4.78 is 18.6. The molecule has 128 valence electrons. The van der Waals surface area contributed by atoms with Gasteiger partial charge in [0.05, 0.1) is 11.1 Å². The largest absolute Gasteiger partial charge is 0.503 e. The molecule has 2 rings (SSSR count). The van der Waals surface area contributed by atoms with Crippen LogP contribution >= 0.6 is 15.9 Å². The number of hydrogen-bond acceptors (Lipinski definition) is 4. The van der Waals surface area contributed by atoms with E-state index in [2.05, 4.69) is 21.2 Å². The van der Waals surface area contributed by atoms with Crippen LogP contribution in [-0.4, -0.2) is 17.6 Å². The number of nitrogens with one attached hydrogen (secondary N) is 1. The van der Waals surface area contributed by atoms with Gasteiger partial charge in [-0.1, -0.05) is 0 Å². The molecule has 0 fully saturated rings. The van der Waals surface area contributed by atoms with Gasteiger partial charge in [-0.05, 0) is 70.9 Å². The molecule has 0 radical (unpaired) electrons. The topological polar surface area (TPSA) is 82.3 Å². The molecular weight excluding hydrogens is 391 g/mol. The van der Waals surface area contributed by atoms with Gasteiger partial charge in [0, 0.05) is 5.69 Å². The highest BCUT2D eigenvalue weighted by molar-refractivity contribution is 9.10. The van der Waals surface area contributed by atoms with E-state index in [1.165, 1.54) is 36.4 Å². The smallest absolute Gasteiger partial charge is 0.266 e. The van der Waals surface area contributed by atoms with Crippen LogP contribution in [0.3, 0.4) is 0 Å². The highest BCUT2D eigenvalue weighted by atomic mass is 79.9. The monoisotopic (exact) mass is 404 g/mol. The standard InChI is InChI=1S/C18H14BrFN2O3/c1-2-25-16-9-11(8-15(19)17(16)23)7-12(10-21)18(24)22-14-5-3-13(20)4-6-14/h3-9,23H,2H2,1H3,(H,22,24)/b12-7-. The third-order valence-electron chi connectivity index (χ3n) is 3.13. The minimum atomic E-state index is -0.628. The number of halogens is 2. The Hall–Kier alpha value is -2.85. The molecule has 25 heavy (non-hydrogen) atoms. The lowest BCUT2D eigenvalue weighted by molar-refractivity contribution is -0.112. The molecule has 2 aromatic rings. The van der Waals surface area contributed by atoms with Crippen LogP contribution in [0.15, 0.2) is 46.4 Å². The zero-order valence-electron chi connectivity index (χ0n) is 13.2. The second kappa shape index (κ2) is 8.31. The molecule has 0 saturated heterocycles. The van der Waals surface area contributed by atoms with E-state index in [9.17, 15) is 19.6 Å². The van der Waals surface area contributed by atoms with Crippen LogP contribution in [0.1, 0.15) is 12.5 Å². The first kappa shape index (κ1) is 18.5. The Kier molecular flexibility index (Phi) is 6.14. The first-order valence-corrected chi connectivity index (χ1v) is 8.08. The Balaban J connectivity index is 2.29. The van der Waals surface area contributed by atoms with E-state index in [0.717, 1.165) is 0 Å². The predicted molar refractivity (Wildman–Crippen MR) is 95.6 cm³/mol. The molecular formula is C18H14BrFN2O3. The normalized spacial score (nSPS) is 10.9. The molecule has 2 aromatic carbocycles. The molecule has 0 heterocycles. The molecule has 0 unspecified atom stereocenters. The maximum atomic E-state index is 12.9. The number of phenols is 1. The van der Waals surface area contributed by atoms with Crippen LogP contribution in [0.2, 0.25) is 0 Å². The van der Waals surface area contributed by atoms with E-state index < -0.39 is 11.7 Å². The fraction of sp³-hybridized carbons (Fsp3) is 0.111. The Morgan fingerprint density at radius 3 is 2.68 bits per heavy atom. The lowest BCUT2D eigenvalue weighted by Gasteiger charge is -2.09. The molecule has 7 heteroatoms. The van der Waals surface area contributed by atoms with E-state index in [1.807, 2.05) is 6.07 Å². The Labute approximate surface area is 152 Å². The quantitative estimate of drug-likeness (QED) is 0.576. The fourth-order valence-electron chi connectivity index (χ4n) is 1.99. The molecule has 5 nitrogen and oxygen atoms in total. The van der Waals surface area contributed by atoms with Crippen LogP contribution in [0.5, 0.6) is 11.5 Å². The van der Waals surface area contributed by atoms with Crippen molar-refractivity contribution >= 4 is 33.6 Å². The van der Waals surface area contributed by atoms with Gasteiger partial charge in [-0.2, -0.15) is 5.26 Å². The third-order valence-corrected chi connectivity index (χ3v) is 3.73. The molecule has 0 aliphatic carbocycles.